The highest BCUT2D eigenvalue weighted by atomic mass is 31.3. The fraction of sp³-hybridized carbons (Fsp3) is 0.706. The van der Waals surface area contributed by atoms with E-state index in [9.17, 15) is 53.7 Å². The third-order valence-corrected chi connectivity index (χ3v) is 8.12. The standard InChI is InChI=1S/C17H27N3O16P2/c1-6-11(23)10(18-7(2)21)13(25)16(33-6)35-38(30,31)36-37(28,29)32-5-8-12(24)14(26)15(34-8)20-4-3-9(22)19-17(20)27/h3-4,6,8,10-16,23-26H,5H2,1-2H3,(H,18,21)(H,28,29)(H,30,31)(H,19,22,27). The fourth-order valence-electron chi connectivity index (χ4n) is 3.73. The van der Waals surface area contributed by atoms with Gasteiger partial charge in [-0.1, -0.05) is 0 Å². The number of carbonyl (C=O) groups excluding carboxylic acids is 1. The lowest BCUT2D eigenvalue weighted by Gasteiger charge is -2.41. The normalized spacial score (nSPS) is 36.8. The molecule has 8 N–H and O–H groups in total. The second-order valence-corrected chi connectivity index (χ2v) is 11.4. The number of amides is 1. The summed E-state index contributed by atoms with van der Waals surface area (Å²) >= 11 is 0. The van der Waals surface area contributed by atoms with Gasteiger partial charge in [0.15, 0.2) is 12.5 Å². The molecule has 11 unspecified atom stereocenters. The molecule has 1 aromatic heterocycles. The molecular formula is C17H27N3O16P2. The molecule has 1 amide bonds. The predicted molar refractivity (Wildman–Crippen MR) is 119 cm³/mol. The van der Waals surface area contributed by atoms with Crippen molar-refractivity contribution in [1.82, 2.24) is 14.9 Å². The molecule has 0 bridgehead atoms. The fourth-order valence-corrected chi connectivity index (χ4v) is 5.88. The van der Waals surface area contributed by atoms with Crippen molar-refractivity contribution in [3.05, 3.63) is 33.1 Å². The van der Waals surface area contributed by atoms with Crippen molar-refractivity contribution in [3.8, 4) is 0 Å². The Morgan fingerprint density at radius 2 is 1.74 bits per heavy atom. The largest absolute Gasteiger partial charge is 0.483 e. The number of aliphatic hydroxyl groups is 4. The summed E-state index contributed by atoms with van der Waals surface area (Å²) in [6.45, 7) is 1.37. The SMILES string of the molecule is CC(=O)NC1C(O)C(C)OC(OP(=O)(O)OP(=O)(O)OCC2OC(n3ccc(=O)[nH]c3=O)C(O)C2O)C1O. The highest BCUT2D eigenvalue weighted by Gasteiger charge is 2.49. The molecule has 2 aliphatic heterocycles. The van der Waals surface area contributed by atoms with E-state index in [1.165, 1.54) is 6.92 Å². The Bertz CT molecular complexity index is 1220. The molecule has 0 aliphatic carbocycles. The topological polar surface area (TPSA) is 286 Å². The minimum Gasteiger partial charge on any atom is -0.388 e. The first kappa shape index (κ1) is 30.7. The number of phosphoric ester groups is 2. The molecule has 0 spiro atoms. The number of hydrogen-bond acceptors (Lipinski definition) is 14. The van der Waals surface area contributed by atoms with Crippen molar-refractivity contribution < 1.29 is 67.0 Å². The number of aromatic nitrogens is 2. The Morgan fingerprint density at radius 1 is 1.08 bits per heavy atom. The maximum atomic E-state index is 12.3. The molecule has 11 atom stereocenters. The van der Waals surface area contributed by atoms with Gasteiger partial charge in [-0.15, -0.1) is 0 Å². The third kappa shape index (κ3) is 7.22. The number of nitrogens with zero attached hydrogens (tertiary/aromatic N) is 1. The van der Waals surface area contributed by atoms with Crippen molar-refractivity contribution >= 4 is 21.6 Å². The van der Waals surface area contributed by atoms with Crippen LogP contribution >= 0.6 is 15.6 Å². The van der Waals surface area contributed by atoms with Crippen LogP contribution < -0.4 is 16.6 Å². The Labute approximate surface area is 212 Å². The molecule has 0 saturated carbocycles. The van der Waals surface area contributed by atoms with Gasteiger partial charge < -0.3 is 45.0 Å². The molecule has 2 fully saturated rings. The second-order valence-electron chi connectivity index (χ2n) is 8.40. The van der Waals surface area contributed by atoms with Gasteiger partial charge in [-0.3, -0.25) is 28.2 Å². The first-order valence-electron chi connectivity index (χ1n) is 10.8. The van der Waals surface area contributed by atoms with Crippen molar-refractivity contribution in [1.29, 1.82) is 0 Å². The van der Waals surface area contributed by atoms with Crippen LogP contribution in [0.5, 0.6) is 0 Å². The minimum absolute atomic E-state index is 0.660. The molecule has 1 aromatic rings. The van der Waals surface area contributed by atoms with Gasteiger partial charge in [-0.05, 0) is 6.92 Å². The Morgan fingerprint density at radius 3 is 2.34 bits per heavy atom. The van der Waals surface area contributed by atoms with Crippen LogP contribution in [0.15, 0.2) is 21.9 Å². The molecule has 21 heteroatoms. The van der Waals surface area contributed by atoms with Gasteiger partial charge in [0.05, 0.1) is 18.8 Å². The van der Waals surface area contributed by atoms with Crippen molar-refractivity contribution in [3.63, 3.8) is 0 Å². The van der Waals surface area contributed by atoms with E-state index in [4.69, 9.17) is 9.47 Å². The third-order valence-electron chi connectivity index (χ3n) is 5.52. The van der Waals surface area contributed by atoms with Crippen LogP contribution in [0.4, 0.5) is 0 Å². The average Bonchev–Trinajstić information content (AvgIpc) is 3.06. The van der Waals surface area contributed by atoms with E-state index in [1.54, 1.807) is 0 Å². The summed E-state index contributed by atoms with van der Waals surface area (Å²) in [7, 11) is -11.0. The minimum atomic E-state index is -5.54. The Balaban J connectivity index is 1.62. The molecule has 0 radical (unpaired) electrons. The van der Waals surface area contributed by atoms with E-state index in [2.05, 4.69) is 18.7 Å². The molecule has 216 valence electrons. The van der Waals surface area contributed by atoms with Crippen molar-refractivity contribution in [2.24, 2.45) is 0 Å². The number of nitrogens with one attached hydrogen (secondary N) is 2. The monoisotopic (exact) mass is 591 g/mol. The highest BCUT2D eigenvalue weighted by Crippen LogP contribution is 2.61. The number of aromatic amines is 1. The van der Waals surface area contributed by atoms with Gasteiger partial charge in [-0.25, -0.2) is 13.9 Å². The lowest BCUT2D eigenvalue weighted by atomic mass is 9.97. The van der Waals surface area contributed by atoms with Gasteiger partial charge in [0.25, 0.3) is 5.56 Å². The second kappa shape index (κ2) is 11.7. The summed E-state index contributed by atoms with van der Waals surface area (Å²) in [6.07, 6.45) is -12.1. The molecule has 2 saturated heterocycles. The van der Waals surface area contributed by atoms with Gasteiger partial charge in [0.2, 0.25) is 5.91 Å². The summed E-state index contributed by atoms with van der Waals surface area (Å²) in [6, 6.07) is -0.455. The Kier molecular flexibility index (Phi) is 9.48. The number of H-pyrrole nitrogens is 1. The summed E-state index contributed by atoms with van der Waals surface area (Å²) in [4.78, 5) is 56.2. The van der Waals surface area contributed by atoms with E-state index in [0.717, 1.165) is 23.8 Å². The molecule has 3 heterocycles. The highest BCUT2D eigenvalue weighted by molar-refractivity contribution is 7.61. The first-order chi connectivity index (χ1) is 17.5. The van der Waals surface area contributed by atoms with Gasteiger partial charge in [0.1, 0.15) is 30.5 Å². The van der Waals surface area contributed by atoms with Gasteiger partial charge in [0, 0.05) is 19.2 Å². The van der Waals surface area contributed by atoms with Crippen molar-refractivity contribution in [2.75, 3.05) is 6.61 Å². The van der Waals surface area contributed by atoms with Crippen LogP contribution in [-0.4, -0.2) is 101 Å². The van der Waals surface area contributed by atoms with Crippen LogP contribution in [0.1, 0.15) is 20.1 Å². The molecule has 2 aliphatic rings. The first-order valence-corrected chi connectivity index (χ1v) is 13.8. The number of hydrogen-bond donors (Lipinski definition) is 8. The number of phosphoric acid groups is 2. The molecule has 3 rings (SSSR count). The summed E-state index contributed by atoms with van der Waals surface area (Å²) in [5, 5.41) is 42.9. The number of ether oxygens (including phenoxy) is 2. The van der Waals surface area contributed by atoms with E-state index in [0.29, 0.717) is 0 Å². The van der Waals surface area contributed by atoms with Crippen LogP contribution in [-0.2, 0) is 36.8 Å². The maximum Gasteiger partial charge on any atom is 0.483 e. The molecule has 0 aromatic carbocycles. The quantitative estimate of drug-likeness (QED) is 0.129. The lowest BCUT2D eigenvalue weighted by molar-refractivity contribution is -0.244. The smallest absolute Gasteiger partial charge is 0.388 e. The number of rotatable bonds is 9. The van der Waals surface area contributed by atoms with E-state index < -0.39 is 94.6 Å². The number of aliphatic hydroxyl groups excluding tert-OH is 4. The molecular weight excluding hydrogens is 564 g/mol. The van der Waals surface area contributed by atoms with Crippen LogP contribution in [0, 0.1) is 0 Å². The predicted octanol–water partition coefficient (Wildman–Crippen LogP) is -3.62. The van der Waals surface area contributed by atoms with E-state index in [-0.39, 0.29) is 0 Å². The van der Waals surface area contributed by atoms with E-state index in [1.807, 2.05) is 4.98 Å². The van der Waals surface area contributed by atoms with Gasteiger partial charge in [-0.2, -0.15) is 4.31 Å². The summed E-state index contributed by atoms with van der Waals surface area (Å²) in [5.74, 6) is -0.660. The Hall–Kier alpha value is -1.83. The molecule has 38 heavy (non-hydrogen) atoms. The van der Waals surface area contributed by atoms with E-state index >= 15 is 0 Å². The van der Waals surface area contributed by atoms with Crippen molar-refractivity contribution in [2.45, 2.75) is 69.0 Å². The zero-order chi connectivity index (χ0) is 28.6. The molecule has 19 nitrogen and oxygen atoms in total. The van der Waals surface area contributed by atoms with Crippen LogP contribution in [0.25, 0.3) is 0 Å². The summed E-state index contributed by atoms with van der Waals surface area (Å²) < 4.78 is 49.1. The zero-order valence-electron chi connectivity index (χ0n) is 19.7. The van der Waals surface area contributed by atoms with Gasteiger partial charge >= 0.3 is 21.3 Å². The average molecular weight is 591 g/mol. The van der Waals surface area contributed by atoms with Crippen LogP contribution in [0.2, 0.25) is 0 Å². The zero-order valence-corrected chi connectivity index (χ0v) is 21.5. The number of carbonyl (C=O) groups is 1. The maximum absolute atomic E-state index is 12.3. The lowest BCUT2D eigenvalue weighted by Crippen LogP contribution is -2.63. The van der Waals surface area contributed by atoms with Crippen LogP contribution in [0.3, 0.4) is 0 Å². The summed E-state index contributed by atoms with van der Waals surface area (Å²) in [5.41, 5.74) is -1.73.